The molecule has 0 aliphatic carbocycles. The zero-order valence-corrected chi connectivity index (χ0v) is 24.0. The van der Waals surface area contributed by atoms with Gasteiger partial charge in [0.25, 0.3) is 5.91 Å². The highest BCUT2D eigenvalue weighted by Gasteiger charge is 2.43. The number of carboxylic acid groups (broad SMARTS) is 3. The number of pyridine rings is 1. The van der Waals surface area contributed by atoms with E-state index in [2.05, 4.69) is 34.0 Å². The van der Waals surface area contributed by atoms with E-state index in [0.717, 1.165) is 58.5 Å². The van der Waals surface area contributed by atoms with E-state index in [-0.39, 0.29) is 18.1 Å². The summed E-state index contributed by atoms with van der Waals surface area (Å²) in [5.41, 5.74) is 1.30. The van der Waals surface area contributed by atoms with Crippen LogP contribution in [0, 0.1) is 0 Å². The molecule has 3 aliphatic rings. The maximum absolute atomic E-state index is 12.8. The van der Waals surface area contributed by atoms with Gasteiger partial charge in [0.1, 0.15) is 6.10 Å². The molecule has 1 aromatic heterocycles. The maximum Gasteiger partial charge on any atom is 0.490 e. The average Bonchev–Trinajstić information content (AvgIpc) is 3.35. The highest BCUT2D eigenvalue weighted by molar-refractivity contribution is 5.81. The van der Waals surface area contributed by atoms with Crippen molar-refractivity contribution in [3.63, 3.8) is 0 Å². The summed E-state index contributed by atoms with van der Waals surface area (Å²) in [5.74, 6) is -8.06. The minimum absolute atomic E-state index is 0.206. The third-order valence-electron chi connectivity index (χ3n) is 6.62. The number of ether oxygens (including phenoxy) is 1. The van der Waals surface area contributed by atoms with Gasteiger partial charge in [-0.2, -0.15) is 39.5 Å². The first-order valence-electron chi connectivity index (χ1n) is 13.2. The van der Waals surface area contributed by atoms with Crippen molar-refractivity contribution in [1.82, 2.24) is 19.7 Å². The minimum atomic E-state index is -5.08. The molecule has 4 heterocycles. The smallest absolute Gasteiger partial charge is 0.475 e. The second kappa shape index (κ2) is 17.3. The summed E-state index contributed by atoms with van der Waals surface area (Å²) in [5, 5.41) is 21.4. The zero-order chi connectivity index (χ0) is 35.5. The Bertz CT molecular complexity index is 1090. The van der Waals surface area contributed by atoms with Crippen molar-refractivity contribution in [1.29, 1.82) is 0 Å². The lowest BCUT2D eigenvalue weighted by atomic mass is 9.98. The first-order chi connectivity index (χ1) is 21.0. The molecule has 0 bridgehead atoms. The predicted octanol–water partition coefficient (Wildman–Crippen LogP) is 2.88. The summed E-state index contributed by atoms with van der Waals surface area (Å²) in [4.78, 5) is 50.3. The summed E-state index contributed by atoms with van der Waals surface area (Å²) >= 11 is 0. The van der Waals surface area contributed by atoms with Gasteiger partial charge in [0.2, 0.25) is 0 Å². The molecule has 0 aromatic carbocycles. The molecule has 262 valence electrons. The van der Waals surface area contributed by atoms with Crippen LogP contribution in [0.15, 0.2) is 24.5 Å². The number of hydrogen-bond acceptors (Lipinski definition) is 8. The molecule has 1 amide bonds. The maximum atomic E-state index is 12.8. The highest BCUT2D eigenvalue weighted by atomic mass is 19.4. The first kappa shape index (κ1) is 40.3. The molecule has 0 saturated carbocycles. The molecule has 3 aliphatic heterocycles. The lowest BCUT2D eigenvalue weighted by Crippen LogP contribution is -2.53. The number of likely N-dealkylation sites (tertiary alicyclic amines) is 1. The van der Waals surface area contributed by atoms with Gasteiger partial charge in [-0.1, -0.05) is 0 Å². The Labute approximate surface area is 255 Å². The second-order valence-electron chi connectivity index (χ2n) is 9.96. The topological polar surface area (TPSA) is 161 Å². The van der Waals surface area contributed by atoms with Crippen LogP contribution in [-0.4, -0.2) is 135 Å². The number of piperazine rings is 1. The fourth-order valence-electron chi connectivity index (χ4n) is 4.35. The van der Waals surface area contributed by atoms with Gasteiger partial charge < -0.3 is 29.9 Å². The molecule has 0 radical (unpaired) electrons. The van der Waals surface area contributed by atoms with Crippen LogP contribution in [0.3, 0.4) is 0 Å². The number of amides is 1. The van der Waals surface area contributed by atoms with Crippen molar-refractivity contribution in [3.05, 3.63) is 30.1 Å². The molecule has 46 heavy (non-hydrogen) atoms. The van der Waals surface area contributed by atoms with Crippen LogP contribution in [-0.2, 0) is 30.5 Å². The van der Waals surface area contributed by atoms with Gasteiger partial charge in [-0.3, -0.25) is 14.7 Å². The minimum Gasteiger partial charge on any atom is -0.475 e. The van der Waals surface area contributed by atoms with Crippen LogP contribution in [0.1, 0.15) is 24.8 Å². The summed E-state index contributed by atoms with van der Waals surface area (Å²) in [6, 6.07) is 4.61. The van der Waals surface area contributed by atoms with E-state index in [0.29, 0.717) is 6.04 Å². The van der Waals surface area contributed by atoms with Gasteiger partial charge in [0, 0.05) is 57.7 Å². The van der Waals surface area contributed by atoms with Gasteiger partial charge in [-0.25, -0.2) is 14.4 Å². The molecular formula is C25H31F9N4O8. The van der Waals surface area contributed by atoms with Gasteiger partial charge in [0.15, 0.2) is 0 Å². The first-order valence-corrected chi connectivity index (χ1v) is 13.2. The van der Waals surface area contributed by atoms with Crippen molar-refractivity contribution >= 4 is 23.8 Å². The molecule has 0 spiro atoms. The van der Waals surface area contributed by atoms with Crippen molar-refractivity contribution in [2.45, 2.75) is 62.6 Å². The van der Waals surface area contributed by atoms with Gasteiger partial charge in [0.05, 0.1) is 6.10 Å². The highest BCUT2D eigenvalue weighted by Crippen LogP contribution is 2.33. The van der Waals surface area contributed by atoms with Crippen LogP contribution in [0.2, 0.25) is 0 Å². The lowest BCUT2D eigenvalue weighted by Gasteiger charge is -2.39. The van der Waals surface area contributed by atoms with Crippen LogP contribution in [0.25, 0.3) is 0 Å². The fraction of sp³-hybridized carbons (Fsp3) is 0.640. The molecule has 3 atom stereocenters. The van der Waals surface area contributed by atoms with Crippen LogP contribution in [0.4, 0.5) is 39.5 Å². The monoisotopic (exact) mass is 686 g/mol. The Morgan fingerprint density at radius 1 is 0.761 bits per heavy atom. The van der Waals surface area contributed by atoms with Crippen LogP contribution >= 0.6 is 0 Å². The Kier molecular flexibility index (Phi) is 15.1. The number of likely N-dealkylation sites (N-methyl/N-ethyl adjacent to an activating group) is 1. The standard InChI is InChI=1S/C19H28N4O2.3C2HF3O2/c1-21-10-12-22(13-11-21)19(24)18-3-2-16-17(25-18)6-9-23(16)14-15-4-7-20-8-5-15;3*3-2(4,5)1(6)7/h4-5,7-8,16-18H,2-3,6,9-14H2,1H3;3*(H,6,7)/t16-,17-,18-;;;/m1.../s1. The molecule has 4 rings (SSSR count). The predicted molar refractivity (Wildman–Crippen MR) is 136 cm³/mol. The van der Waals surface area contributed by atoms with Crippen molar-refractivity contribution in [2.24, 2.45) is 0 Å². The third kappa shape index (κ3) is 14.1. The van der Waals surface area contributed by atoms with E-state index in [1.165, 1.54) is 5.56 Å². The summed E-state index contributed by atoms with van der Waals surface area (Å²) in [7, 11) is 2.11. The third-order valence-corrected chi connectivity index (χ3v) is 6.62. The van der Waals surface area contributed by atoms with E-state index in [9.17, 15) is 44.3 Å². The number of alkyl halides is 9. The van der Waals surface area contributed by atoms with Crippen molar-refractivity contribution in [2.75, 3.05) is 39.8 Å². The van der Waals surface area contributed by atoms with Crippen LogP contribution < -0.4 is 0 Å². The number of fused-ring (bicyclic) bond motifs is 1. The van der Waals surface area contributed by atoms with E-state index < -0.39 is 36.4 Å². The number of aromatic nitrogens is 1. The SMILES string of the molecule is CN1CCN(C(=O)[C@H]2CC[C@@H]3[C@@H](CCN3Cc3ccncc3)O2)CC1.O=C(O)C(F)(F)F.O=C(O)C(F)(F)F.O=C(O)C(F)(F)F. The second-order valence-corrected chi connectivity index (χ2v) is 9.96. The van der Waals surface area contributed by atoms with Gasteiger partial charge >= 0.3 is 36.4 Å². The number of rotatable bonds is 3. The fourth-order valence-corrected chi connectivity index (χ4v) is 4.35. The van der Waals surface area contributed by atoms with Crippen molar-refractivity contribution < 1.29 is 78.7 Å². The average molecular weight is 687 g/mol. The lowest BCUT2D eigenvalue weighted by molar-refractivity contribution is -0.193. The van der Waals surface area contributed by atoms with E-state index in [1.807, 2.05) is 17.3 Å². The molecule has 0 unspecified atom stereocenters. The molecule has 3 N–H and O–H groups in total. The quantitative estimate of drug-likeness (QED) is 0.402. The Hall–Kier alpha value is -3.72. The molecule has 21 heteroatoms. The van der Waals surface area contributed by atoms with Gasteiger partial charge in [-0.15, -0.1) is 0 Å². The normalized spacial score (nSPS) is 22.0. The number of carbonyl (C=O) groups is 4. The van der Waals surface area contributed by atoms with E-state index in [4.69, 9.17) is 34.4 Å². The number of halogens is 9. The van der Waals surface area contributed by atoms with E-state index in [1.54, 1.807) is 0 Å². The summed E-state index contributed by atoms with van der Waals surface area (Å²) in [6.07, 6.45) is -8.64. The summed E-state index contributed by atoms with van der Waals surface area (Å²) < 4.78 is 101. The van der Waals surface area contributed by atoms with E-state index >= 15 is 0 Å². The molecular weight excluding hydrogens is 655 g/mol. The molecule has 12 nitrogen and oxygen atoms in total. The number of aliphatic carboxylic acids is 3. The number of carbonyl (C=O) groups excluding carboxylic acids is 1. The number of hydrogen-bond donors (Lipinski definition) is 3. The Morgan fingerprint density at radius 3 is 1.61 bits per heavy atom. The number of carboxylic acids is 3. The Balaban J connectivity index is 0.000000413. The molecule has 3 saturated heterocycles. The zero-order valence-electron chi connectivity index (χ0n) is 24.0. The largest absolute Gasteiger partial charge is 0.490 e. The number of nitrogens with zero attached hydrogens (tertiary/aromatic N) is 4. The molecule has 1 aromatic rings. The van der Waals surface area contributed by atoms with Gasteiger partial charge in [-0.05, 0) is 44.0 Å². The Morgan fingerprint density at radius 2 is 1.20 bits per heavy atom. The summed E-state index contributed by atoms with van der Waals surface area (Å²) in [6.45, 7) is 5.58. The van der Waals surface area contributed by atoms with Crippen LogP contribution in [0.5, 0.6) is 0 Å². The molecule has 3 fully saturated rings. The van der Waals surface area contributed by atoms with Crippen molar-refractivity contribution in [3.8, 4) is 0 Å².